The standard InChI is InChI=1S/C61H94N8O6/c1-7-10-27-58(60(71)63-6)69(48-70)61(72)55-26-21-23-52(49(55)4)22-15-14-20-38-74-40-42-75-41-39-73-37-19-12-11-18-32-66-33-35-67(36-34-66)45-51-28-30-53(31-29-51)57-46-68(54-24-16-13-17-25-54)59(56(57)44-62-5)65-47-64-43-50(8-2)9-3/h7,21,23,26,28-31,44,46,48,50,54,58,64H,1,5,8-20,22,24-25,27,32-43,45,47H2,2-4,6H3,(H,63,71)/b56-44-,65-59+. The lowest BCUT2D eigenvalue weighted by molar-refractivity contribution is -0.130. The highest BCUT2D eigenvalue weighted by Gasteiger charge is 2.33. The number of aliphatic imine (C=N–C) groups is 2. The predicted octanol–water partition coefficient (Wildman–Crippen LogP) is 9.77. The van der Waals surface area contributed by atoms with Gasteiger partial charge in [-0.1, -0.05) is 108 Å². The van der Waals surface area contributed by atoms with Gasteiger partial charge in [0.25, 0.3) is 5.91 Å². The Balaban J connectivity index is 0.868. The van der Waals surface area contributed by atoms with E-state index in [-0.39, 0.29) is 5.91 Å². The number of hydrogen-bond acceptors (Lipinski definition) is 11. The summed E-state index contributed by atoms with van der Waals surface area (Å²) in [5.74, 6) is 0.871. The van der Waals surface area contributed by atoms with Crippen LogP contribution in [-0.2, 0) is 36.8 Å². The molecule has 2 aromatic carbocycles. The molecule has 0 radical (unpaired) electrons. The summed E-state index contributed by atoms with van der Waals surface area (Å²) in [7, 11) is 1.50. The zero-order valence-corrected chi connectivity index (χ0v) is 46.6. The topological polar surface area (TPSA) is 141 Å². The fraction of sp³-hybridized carbons (Fsp3) is 0.623. The highest BCUT2D eigenvalue weighted by molar-refractivity contribution is 6.16. The number of ether oxygens (including phenoxy) is 3. The minimum Gasteiger partial charge on any atom is -0.379 e. The van der Waals surface area contributed by atoms with Gasteiger partial charge < -0.3 is 29.3 Å². The molecular formula is C61H94N8O6. The van der Waals surface area contributed by atoms with Crippen LogP contribution in [-0.4, -0.2) is 155 Å². The van der Waals surface area contributed by atoms with Crippen LogP contribution in [0.25, 0.3) is 5.57 Å². The van der Waals surface area contributed by atoms with Crippen molar-refractivity contribution >= 4 is 36.4 Å². The average Bonchev–Trinajstić information content (AvgIpc) is 3.80. The second-order valence-electron chi connectivity index (χ2n) is 20.5. The fourth-order valence-electron chi connectivity index (χ4n) is 10.5. The summed E-state index contributed by atoms with van der Waals surface area (Å²) in [4.78, 5) is 56.1. The third-order valence-electron chi connectivity index (χ3n) is 15.3. The van der Waals surface area contributed by atoms with Gasteiger partial charge in [0.05, 0.1) is 33.1 Å². The summed E-state index contributed by atoms with van der Waals surface area (Å²) in [6.45, 7) is 25.9. The van der Waals surface area contributed by atoms with Crippen molar-refractivity contribution in [2.75, 3.05) is 92.6 Å². The maximum absolute atomic E-state index is 13.4. The number of likely N-dealkylation sites (N-methyl/N-ethyl adjacent to an activating group) is 1. The van der Waals surface area contributed by atoms with E-state index in [1.54, 1.807) is 12.1 Å². The molecule has 0 bridgehead atoms. The number of rotatable bonds is 37. The summed E-state index contributed by atoms with van der Waals surface area (Å²) in [5.41, 5.74) is 7.17. The van der Waals surface area contributed by atoms with Crippen LogP contribution < -0.4 is 10.6 Å². The third kappa shape index (κ3) is 20.2. The van der Waals surface area contributed by atoms with E-state index in [2.05, 4.69) is 87.9 Å². The van der Waals surface area contributed by atoms with Crippen LogP contribution in [0.15, 0.2) is 83.1 Å². The average molecular weight is 1040 g/mol. The van der Waals surface area contributed by atoms with Crippen molar-refractivity contribution in [2.24, 2.45) is 15.9 Å². The molecule has 75 heavy (non-hydrogen) atoms. The van der Waals surface area contributed by atoms with Crippen LogP contribution in [0, 0.1) is 12.8 Å². The predicted molar refractivity (Wildman–Crippen MR) is 306 cm³/mol. The Labute approximate surface area is 451 Å². The molecule has 1 unspecified atom stereocenters. The van der Waals surface area contributed by atoms with Gasteiger partial charge in [-0.15, -0.1) is 6.58 Å². The van der Waals surface area contributed by atoms with Gasteiger partial charge in [0.2, 0.25) is 12.3 Å². The number of aryl methyl sites for hydroxylation is 1. The lowest BCUT2D eigenvalue weighted by Gasteiger charge is -2.34. The summed E-state index contributed by atoms with van der Waals surface area (Å²) < 4.78 is 17.3. The largest absolute Gasteiger partial charge is 0.379 e. The Hall–Kier alpha value is -4.83. The maximum Gasteiger partial charge on any atom is 0.261 e. The number of nitrogens with one attached hydrogen (secondary N) is 2. The first-order valence-corrected chi connectivity index (χ1v) is 28.6. The highest BCUT2D eigenvalue weighted by atomic mass is 16.5. The lowest BCUT2D eigenvalue weighted by Crippen LogP contribution is -2.48. The van der Waals surface area contributed by atoms with E-state index < -0.39 is 11.9 Å². The van der Waals surface area contributed by atoms with Crippen molar-refractivity contribution < 1.29 is 28.6 Å². The Morgan fingerprint density at radius 2 is 1.49 bits per heavy atom. The molecule has 1 atom stereocenters. The van der Waals surface area contributed by atoms with E-state index in [9.17, 15) is 14.4 Å². The van der Waals surface area contributed by atoms with Gasteiger partial charge in [-0.05, 0) is 119 Å². The maximum atomic E-state index is 13.4. The molecule has 0 aromatic heterocycles. The van der Waals surface area contributed by atoms with Gasteiger partial charge in [-0.25, -0.2) is 0 Å². The lowest BCUT2D eigenvalue weighted by atomic mass is 9.94. The number of unbranched alkanes of at least 4 members (excludes halogenated alkanes) is 5. The first-order chi connectivity index (χ1) is 36.8. The quantitative estimate of drug-likeness (QED) is 0.0291. The molecule has 3 aliphatic rings. The zero-order chi connectivity index (χ0) is 53.5. The van der Waals surface area contributed by atoms with Crippen LogP contribution in [0.5, 0.6) is 0 Å². The van der Waals surface area contributed by atoms with E-state index >= 15 is 0 Å². The number of amides is 3. The number of imide groups is 1. The molecule has 1 aliphatic carbocycles. The van der Waals surface area contributed by atoms with Crippen molar-refractivity contribution in [3.05, 3.63) is 101 Å². The van der Waals surface area contributed by atoms with Gasteiger partial charge in [-0.3, -0.25) is 39.5 Å². The molecule has 1 saturated heterocycles. The number of carbonyl (C=O) groups excluding carboxylic acids is 3. The van der Waals surface area contributed by atoms with Crippen LogP contribution in [0.2, 0.25) is 0 Å². The normalized spacial score (nSPS) is 17.2. The molecule has 3 amide bonds. The molecular weight excluding hydrogens is 941 g/mol. The molecule has 2 fully saturated rings. The molecule has 2 aromatic rings. The summed E-state index contributed by atoms with van der Waals surface area (Å²) in [6.07, 6.45) is 24.3. The first-order valence-electron chi connectivity index (χ1n) is 28.6. The minimum absolute atomic E-state index is 0.319. The Bertz CT molecular complexity index is 2110. The van der Waals surface area contributed by atoms with Crippen molar-refractivity contribution in [2.45, 2.75) is 149 Å². The molecule has 5 rings (SSSR count). The number of piperazine rings is 1. The molecule has 14 heteroatoms. The van der Waals surface area contributed by atoms with Crippen LogP contribution in [0.4, 0.5) is 0 Å². The first kappa shape index (κ1) is 61.0. The van der Waals surface area contributed by atoms with E-state index in [1.807, 2.05) is 25.3 Å². The molecule has 2 aliphatic heterocycles. The second kappa shape index (κ2) is 35.5. The molecule has 0 spiro atoms. The van der Waals surface area contributed by atoms with Gasteiger partial charge >= 0.3 is 0 Å². The van der Waals surface area contributed by atoms with Crippen LogP contribution in [0.1, 0.15) is 149 Å². The van der Waals surface area contributed by atoms with Crippen LogP contribution in [0.3, 0.4) is 0 Å². The Kier molecular flexibility index (Phi) is 28.9. The van der Waals surface area contributed by atoms with E-state index in [1.165, 1.54) is 94.5 Å². The van der Waals surface area contributed by atoms with Crippen molar-refractivity contribution in [1.82, 2.24) is 30.2 Å². The number of amidine groups is 1. The molecule has 1 saturated carbocycles. The van der Waals surface area contributed by atoms with E-state index in [0.717, 1.165) is 105 Å². The molecule has 2 N–H and O–H groups in total. The summed E-state index contributed by atoms with van der Waals surface area (Å²) >= 11 is 0. The highest BCUT2D eigenvalue weighted by Crippen LogP contribution is 2.37. The van der Waals surface area contributed by atoms with Crippen LogP contribution >= 0.6 is 0 Å². The van der Waals surface area contributed by atoms with Gasteiger partial charge in [-0.2, -0.15) is 0 Å². The van der Waals surface area contributed by atoms with Gasteiger partial charge in [0, 0.05) is 88.1 Å². The SMILES string of the molecule is C=CCCC(C(=O)NC)N(C=O)C(=O)c1cccc(CCCCCOCCOCCOCCCCCCN2CCN(Cc3ccc(C4=CN(C5CCCCC5)C(=N/CNCC(CC)CC)/C4=C\N=C)cc3)CC2)c1C. The van der Waals surface area contributed by atoms with E-state index in [4.69, 9.17) is 19.2 Å². The molecule has 14 nitrogen and oxygen atoms in total. The molecule has 2 heterocycles. The fourth-order valence-corrected chi connectivity index (χ4v) is 10.5. The monoisotopic (exact) mass is 1030 g/mol. The number of benzene rings is 2. The molecule has 414 valence electrons. The number of carbonyl (C=O) groups is 3. The Morgan fingerprint density at radius 1 is 0.840 bits per heavy atom. The number of nitrogens with zero attached hydrogens (tertiary/aromatic N) is 6. The number of hydrogen-bond donors (Lipinski definition) is 2. The Morgan fingerprint density at radius 3 is 2.13 bits per heavy atom. The minimum atomic E-state index is -0.889. The van der Waals surface area contributed by atoms with Gasteiger partial charge in [0.1, 0.15) is 11.9 Å². The van der Waals surface area contributed by atoms with E-state index in [0.29, 0.717) is 76.5 Å². The second-order valence-corrected chi connectivity index (χ2v) is 20.5. The van der Waals surface area contributed by atoms with Crippen molar-refractivity contribution in [1.29, 1.82) is 0 Å². The van der Waals surface area contributed by atoms with Crippen molar-refractivity contribution in [3.8, 4) is 0 Å². The summed E-state index contributed by atoms with van der Waals surface area (Å²) in [5, 5.41) is 6.17. The van der Waals surface area contributed by atoms with Crippen molar-refractivity contribution in [3.63, 3.8) is 0 Å². The summed E-state index contributed by atoms with van der Waals surface area (Å²) in [6, 6.07) is 14.4. The van der Waals surface area contributed by atoms with Gasteiger partial charge in [0.15, 0.2) is 0 Å². The number of allylic oxidation sites excluding steroid dienone is 1. The zero-order valence-electron chi connectivity index (χ0n) is 46.6. The smallest absolute Gasteiger partial charge is 0.261 e. The third-order valence-corrected chi connectivity index (χ3v) is 15.3.